The van der Waals surface area contributed by atoms with Gasteiger partial charge in [-0.05, 0) is 0 Å². The van der Waals surface area contributed by atoms with Crippen molar-refractivity contribution in [1.29, 1.82) is 0 Å². The van der Waals surface area contributed by atoms with E-state index < -0.39 is 11.9 Å². The highest BCUT2D eigenvalue weighted by molar-refractivity contribution is 5.92. The van der Waals surface area contributed by atoms with E-state index in [1.54, 1.807) is 0 Å². The van der Waals surface area contributed by atoms with Crippen molar-refractivity contribution in [3.8, 4) is 0 Å². The molecule has 0 saturated heterocycles. The molecule has 0 aliphatic carbocycles. The van der Waals surface area contributed by atoms with Crippen LogP contribution in [0, 0.1) is 0 Å². The van der Waals surface area contributed by atoms with Crippen LogP contribution in [0.3, 0.4) is 0 Å². The van der Waals surface area contributed by atoms with E-state index in [4.69, 9.17) is 5.11 Å². The Morgan fingerprint density at radius 1 is 1.20 bits per heavy atom. The first-order valence-electron chi connectivity index (χ1n) is 1.83. The molecule has 0 heterocycles. The van der Waals surface area contributed by atoms with Crippen molar-refractivity contribution in [2.24, 2.45) is 5.73 Å². The zero-order chi connectivity index (χ0) is 6.57. The Kier molecular flexibility index (Phi) is 12.0. The summed E-state index contributed by atoms with van der Waals surface area (Å²) in [6, 6.07) is 0. The van der Waals surface area contributed by atoms with Crippen LogP contribution in [0.25, 0.3) is 0 Å². The second-order valence-electron chi connectivity index (χ2n) is 1.07. The molecule has 0 aliphatic rings. The minimum Gasteiger partial charge on any atom is -0.478 e. The van der Waals surface area contributed by atoms with Crippen molar-refractivity contribution in [3.63, 3.8) is 0 Å². The van der Waals surface area contributed by atoms with Crippen LogP contribution in [0.4, 0.5) is 0 Å². The maximum absolute atomic E-state index is 9.78. The smallest absolute Gasteiger partial charge is 0.328 e. The number of hydrogen-bond acceptors (Lipinski definition) is 2. The van der Waals surface area contributed by atoms with Gasteiger partial charge in [-0.3, -0.25) is 4.79 Å². The van der Waals surface area contributed by atoms with Gasteiger partial charge in [0, 0.05) is 12.2 Å². The fourth-order valence-corrected chi connectivity index (χ4v) is 0.153. The highest BCUT2D eigenvalue weighted by atomic mass is 16.4. The first-order chi connectivity index (χ1) is 3.63. The number of carbonyl (C=O) groups is 2. The third-order valence-electron chi connectivity index (χ3n) is 0.390. The number of hydrogen-bond donors (Lipinski definition) is 2. The van der Waals surface area contributed by atoms with Gasteiger partial charge in [0.05, 0.1) is 0 Å². The van der Waals surface area contributed by atoms with Crippen LogP contribution >= 0.6 is 0 Å². The highest BCUT2D eigenvalue weighted by Gasteiger charge is 1.86. The molecule has 0 spiro atoms. The van der Waals surface area contributed by atoms with Gasteiger partial charge >= 0.3 is 5.97 Å². The highest BCUT2D eigenvalue weighted by Crippen LogP contribution is 1.68. The third kappa shape index (κ3) is 16.0. The molecule has 0 unspecified atom stereocenters. The largest absolute Gasteiger partial charge is 0.478 e. The molecule has 0 radical (unpaired) electrons. The van der Waals surface area contributed by atoms with Crippen LogP contribution in [0.2, 0.25) is 0 Å². The summed E-state index contributed by atoms with van der Waals surface area (Å²) in [5.41, 5.74) is 4.55. The third-order valence-corrected chi connectivity index (χ3v) is 0.390. The molecule has 0 rings (SSSR count). The summed E-state index contributed by atoms with van der Waals surface area (Å²) in [6.07, 6.45) is 1.46. The lowest BCUT2D eigenvalue weighted by Gasteiger charge is -1.75. The van der Waals surface area contributed by atoms with E-state index in [1.807, 2.05) is 0 Å². The SMILES string of the molecule is NC(=O)/C=C\C(=O)O.O.O. The maximum atomic E-state index is 9.78. The molecule has 0 aliphatic heterocycles. The summed E-state index contributed by atoms with van der Waals surface area (Å²) in [4.78, 5) is 19.4. The maximum Gasteiger partial charge on any atom is 0.328 e. The topological polar surface area (TPSA) is 143 Å². The van der Waals surface area contributed by atoms with E-state index >= 15 is 0 Å². The molecular formula is C4H9NO5. The summed E-state index contributed by atoms with van der Waals surface area (Å²) in [5, 5.41) is 7.87. The molecule has 0 aromatic heterocycles. The fraction of sp³-hybridized carbons (Fsp3) is 0. The quantitative estimate of drug-likeness (QED) is 0.419. The number of carboxylic acid groups (broad SMARTS) is 1. The lowest BCUT2D eigenvalue weighted by Crippen LogP contribution is -2.06. The molecule has 0 aromatic carbocycles. The Balaban J connectivity index is -0.000000245. The van der Waals surface area contributed by atoms with Gasteiger partial charge in [0.2, 0.25) is 5.91 Å². The Bertz CT molecular complexity index is 125. The Hall–Kier alpha value is -1.40. The predicted molar refractivity (Wildman–Crippen MR) is 33.2 cm³/mol. The number of carboxylic acids is 1. The fourth-order valence-electron chi connectivity index (χ4n) is 0.153. The van der Waals surface area contributed by atoms with E-state index in [1.165, 1.54) is 0 Å². The zero-order valence-electron chi connectivity index (χ0n) is 5.00. The first-order valence-corrected chi connectivity index (χ1v) is 1.83. The number of nitrogens with two attached hydrogens (primary N) is 1. The summed E-state index contributed by atoms with van der Waals surface area (Å²) >= 11 is 0. The molecule has 0 fully saturated rings. The Morgan fingerprint density at radius 2 is 1.60 bits per heavy atom. The monoisotopic (exact) mass is 151 g/mol. The van der Waals surface area contributed by atoms with Crippen LogP contribution in [0.15, 0.2) is 12.2 Å². The van der Waals surface area contributed by atoms with Gasteiger partial charge < -0.3 is 21.8 Å². The van der Waals surface area contributed by atoms with Gasteiger partial charge in [-0.2, -0.15) is 0 Å². The molecule has 6 heteroatoms. The van der Waals surface area contributed by atoms with E-state index in [-0.39, 0.29) is 11.0 Å². The van der Waals surface area contributed by atoms with E-state index in [0.29, 0.717) is 6.08 Å². The van der Waals surface area contributed by atoms with Crippen molar-refractivity contribution in [1.82, 2.24) is 0 Å². The average molecular weight is 151 g/mol. The normalized spacial score (nSPS) is 7.60. The van der Waals surface area contributed by atoms with Crippen LogP contribution in [-0.4, -0.2) is 27.9 Å². The van der Waals surface area contributed by atoms with Gasteiger partial charge in [0.1, 0.15) is 0 Å². The average Bonchev–Trinajstić information content (AvgIpc) is 1.61. The van der Waals surface area contributed by atoms with Gasteiger partial charge in [-0.1, -0.05) is 0 Å². The molecule has 1 amide bonds. The molecule has 0 bridgehead atoms. The van der Waals surface area contributed by atoms with Crippen LogP contribution in [-0.2, 0) is 9.59 Å². The van der Waals surface area contributed by atoms with Crippen LogP contribution < -0.4 is 5.73 Å². The predicted octanol–water partition coefficient (Wildman–Crippen LogP) is -2.54. The van der Waals surface area contributed by atoms with Crippen molar-refractivity contribution >= 4 is 11.9 Å². The minimum atomic E-state index is -1.18. The van der Waals surface area contributed by atoms with Gasteiger partial charge in [-0.15, -0.1) is 0 Å². The van der Waals surface area contributed by atoms with Crippen molar-refractivity contribution < 1.29 is 25.6 Å². The lowest BCUT2D eigenvalue weighted by molar-refractivity contribution is -0.131. The van der Waals surface area contributed by atoms with Crippen LogP contribution in [0.1, 0.15) is 0 Å². The van der Waals surface area contributed by atoms with Gasteiger partial charge in [-0.25, -0.2) is 4.79 Å². The van der Waals surface area contributed by atoms with E-state index in [2.05, 4.69) is 5.73 Å². The number of amides is 1. The number of carbonyl (C=O) groups excluding carboxylic acids is 1. The standard InChI is InChI=1S/C4H5NO3.2H2O/c5-3(6)1-2-4(7)8;;/h1-2H,(H2,5,6)(H,7,8);2*1H2/b2-1-;;. The molecule has 60 valence electrons. The first kappa shape index (κ1) is 15.8. The molecule has 7 N–H and O–H groups in total. The molecular weight excluding hydrogens is 142 g/mol. The van der Waals surface area contributed by atoms with Gasteiger partial charge in [0.15, 0.2) is 0 Å². The van der Waals surface area contributed by atoms with Crippen molar-refractivity contribution in [2.75, 3.05) is 0 Å². The number of rotatable bonds is 2. The van der Waals surface area contributed by atoms with E-state index in [0.717, 1.165) is 6.08 Å². The summed E-state index contributed by atoms with van der Waals surface area (Å²) in [7, 11) is 0. The lowest BCUT2D eigenvalue weighted by atomic mass is 10.5. The Morgan fingerprint density at radius 3 is 1.70 bits per heavy atom. The molecule has 0 atom stereocenters. The molecule has 10 heavy (non-hydrogen) atoms. The van der Waals surface area contributed by atoms with Crippen molar-refractivity contribution in [2.45, 2.75) is 0 Å². The Labute approximate surface area is 56.6 Å². The van der Waals surface area contributed by atoms with Crippen LogP contribution in [0.5, 0.6) is 0 Å². The summed E-state index contributed by atoms with van der Waals surface area (Å²) < 4.78 is 0. The summed E-state index contributed by atoms with van der Waals surface area (Å²) in [5.74, 6) is -1.93. The molecule has 0 saturated carbocycles. The molecule has 6 nitrogen and oxygen atoms in total. The summed E-state index contributed by atoms with van der Waals surface area (Å²) in [6.45, 7) is 0. The van der Waals surface area contributed by atoms with E-state index in [9.17, 15) is 9.59 Å². The minimum absolute atomic E-state index is 0. The zero-order valence-corrected chi connectivity index (χ0v) is 5.00. The number of aliphatic carboxylic acids is 1. The van der Waals surface area contributed by atoms with Gasteiger partial charge in [0.25, 0.3) is 0 Å². The number of primary amides is 1. The van der Waals surface area contributed by atoms with Crippen molar-refractivity contribution in [3.05, 3.63) is 12.2 Å². The second kappa shape index (κ2) is 7.60. The second-order valence-corrected chi connectivity index (χ2v) is 1.07. The molecule has 0 aromatic rings.